The molecule has 0 bridgehead atoms. The van der Waals surface area contributed by atoms with Gasteiger partial charge >= 0.3 is 0 Å². The molecule has 0 atom stereocenters. The number of aromatic hydroxyl groups is 1. The minimum absolute atomic E-state index is 0.0885. The molecule has 1 rings (SSSR count). The summed E-state index contributed by atoms with van der Waals surface area (Å²) in [5, 5.41) is 18.4. The molecule has 0 aliphatic heterocycles. The van der Waals surface area contributed by atoms with Crippen LogP contribution in [0.1, 0.15) is 18.1 Å². The highest BCUT2D eigenvalue weighted by atomic mass is 79.9. The predicted octanol–water partition coefficient (Wildman–Crippen LogP) is 2.79. The van der Waals surface area contributed by atoms with Gasteiger partial charge < -0.3 is 9.84 Å². The van der Waals surface area contributed by atoms with Gasteiger partial charge in [0.15, 0.2) is 0 Å². The number of phenolic OH excluding ortho intramolecular Hbond substituents is 1. The molecule has 0 radical (unpaired) electrons. The van der Waals surface area contributed by atoms with Crippen LogP contribution in [-0.4, -0.2) is 12.2 Å². The fraction of sp³-hybridized carbons (Fsp3) is 0.364. The number of nitriles is 1. The number of halogens is 1. The van der Waals surface area contributed by atoms with Crippen molar-refractivity contribution in [1.82, 2.24) is 0 Å². The second-order valence-electron chi connectivity index (χ2n) is 3.08. The molecule has 0 aliphatic carbocycles. The van der Waals surface area contributed by atoms with Crippen molar-refractivity contribution in [2.45, 2.75) is 19.8 Å². The van der Waals surface area contributed by atoms with Crippen molar-refractivity contribution < 1.29 is 9.84 Å². The van der Waals surface area contributed by atoms with Gasteiger partial charge in [-0.2, -0.15) is 5.26 Å². The Labute approximate surface area is 97.4 Å². The zero-order valence-electron chi connectivity index (χ0n) is 8.67. The first-order valence-electron chi connectivity index (χ1n) is 4.59. The summed E-state index contributed by atoms with van der Waals surface area (Å²) in [5.74, 6) is 0.724. The molecule has 1 N–H and O–H groups in total. The van der Waals surface area contributed by atoms with Gasteiger partial charge in [-0.15, -0.1) is 0 Å². The molecule has 3 nitrogen and oxygen atoms in total. The lowest BCUT2D eigenvalue weighted by Gasteiger charge is -2.13. The molecule has 0 spiro atoms. The number of nitrogens with zero attached hydrogens (tertiary/aromatic N) is 1. The van der Waals surface area contributed by atoms with Crippen LogP contribution in [0.2, 0.25) is 0 Å². The van der Waals surface area contributed by atoms with E-state index in [1.165, 1.54) is 0 Å². The standard InChI is InChI=1S/C11H12BrNO2/c1-3-7-6-8(4-5-13)10(14)9(12)11(7)15-2/h6,14H,3-4H2,1-2H3. The molecule has 0 aliphatic rings. The second kappa shape index (κ2) is 5.04. The van der Waals surface area contributed by atoms with E-state index in [0.29, 0.717) is 15.8 Å². The summed E-state index contributed by atoms with van der Waals surface area (Å²) in [4.78, 5) is 0. The molecule has 1 aromatic rings. The topological polar surface area (TPSA) is 53.2 Å². The Balaban J connectivity index is 3.37. The Kier molecular flexibility index (Phi) is 3.98. The summed E-state index contributed by atoms with van der Waals surface area (Å²) >= 11 is 3.27. The Morgan fingerprint density at radius 1 is 1.53 bits per heavy atom. The molecule has 4 heteroatoms. The Bertz CT molecular complexity index is 410. The van der Waals surface area contributed by atoms with Crippen LogP contribution in [-0.2, 0) is 12.8 Å². The van der Waals surface area contributed by atoms with Gasteiger partial charge in [-0.1, -0.05) is 6.92 Å². The minimum Gasteiger partial charge on any atom is -0.506 e. The average molecular weight is 270 g/mol. The van der Waals surface area contributed by atoms with E-state index in [-0.39, 0.29) is 12.2 Å². The maximum atomic E-state index is 9.78. The van der Waals surface area contributed by atoms with E-state index in [1.807, 2.05) is 19.1 Å². The van der Waals surface area contributed by atoms with Crippen molar-refractivity contribution in [2.75, 3.05) is 7.11 Å². The zero-order valence-corrected chi connectivity index (χ0v) is 10.3. The van der Waals surface area contributed by atoms with Crippen molar-refractivity contribution in [3.8, 4) is 17.6 Å². The van der Waals surface area contributed by atoms with Crippen molar-refractivity contribution in [3.63, 3.8) is 0 Å². The highest BCUT2D eigenvalue weighted by molar-refractivity contribution is 9.10. The van der Waals surface area contributed by atoms with E-state index in [4.69, 9.17) is 10.00 Å². The first-order valence-corrected chi connectivity index (χ1v) is 5.39. The van der Waals surface area contributed by atoms with Crippen molar-refractivity contribution in [3.05, 3.63) is 21.7 Å². The molecular weight excluding hydrogens is 258 g/mol. The SMILES string of the molecule is CCc1cc(CC#N)c(O)c(Br)c1OC. The number of rotatable bonds is 3. The number of benzene rings is 1. The molecular formula is C11H12BrNO2. The maximum absolute atomic E-state index is 9.78. The molecule has 0 fully saturated rings. The molecule has 15 heavy (non-hydrogen) atoms. The Hall–Kier alpha value is -1.21. The van der Waals surface area contributed by atoms with Gasteiger partial charge in [0.1, 0.15) is 16.0 Å². The van der Waals surface area contributed by atoms with Crippen LogP contribution >= 0.6 is 15.9 Å². The minimum atomic E-state index is 0.0885. The highest BCUT2D eigenvalue weighted by Crippen LogP contribution is 2.39. The molecule has 0 unspecified atom stereocenters. The number of hydrogen-bond acceptors (Lipinski definition) is 3. The van der Waals surface area contributed by atoms with Crippen LogP contribution in [0, 0.1) is 11.3 Å². The third kappa shape index (κ3) is 2.24. The number of aryl methyl sites for hydroxylation is 1. The Morgan fingerprint density at radius 3 is 2.67 bits per heavy atom. The quantitative estimate of drug-likeness (QED) is 0.918. The zero-order chi connectivity index (χ0) is 11.4. The summed E-state index contributed by atoms with van der Waals surface area (Å²) in [6.07, 6.45) is 0.988. The lowest BCUT2D eigenvalue weighted by atomic mass is 10.0. The monoisotopic (exact) mass is 269 g/mol. The lowest BCUT2D eigenvalue weighted by molar-refractivity contribution is 0.398. The molecule has 1 aromatic carbocycles. The molecule has 0 heterocycles. The molecule has 80 valence electrons. The molecule has 0 aromatic heterocycles. The first kappa shape index (κ1) is 11.9. The second-order valence-corrected chi connectivity index (χ2v) is 3.87. The predicted molar refractivity (Wildman–Crippen MR) is 61.1 cm³/mol. The third-order valence-corrected chi connectivity index (χ3v) is 2.94. The molecule has 0 amide bonds. The fourth-order valence-corrected chi connectivity index (χ4v) is 2.11. The normalized spacial score (nSPS) is 9.73. The van der Waals surface area contributed by atoms with Gasteiger partial charge in [0, 0.05) is 5.56 Å². The summed E-state index contributed by atoms with van der Waals surface area (Å²) in [6, 6.07) is 3.83. The maximum Gasteiger partial charge on any atom is 0.139 e. The van der Waals surface area contributed by atoms with Gasteiger partial charge in [0.05, 0.1) is 19.6 Å². The lowest BCUT2D eigenvalue weighted by Crippen LogP contribution is -1.95. The summed E-state index contributed by atoms with van der Waals surface area (Å²) in [7, 11) is 1.56. The average Bonchev–Trinajstić information content (AvgIpc) is 2.24. The number of methoxy groups -OCH3 is 1. The van der Waals surface area contributed by atoms with E-state index in [2.05, 4.69) is 15.9 Å². The van der Waals surface area contributed by atoms with Crippen LogP contribution in [0.5, 0.6) is 11.5 Å². The van der Waals surface area contributed by atoms with Gasteiger partial charge in [0.25, 0.3) is 0 Å². The fourth-order valence-electron chi connectivity index (χ4n) is 1.44. The van der Waals surface area contributed by atoms with Crippen LogP contribution < -0.4 is 4.74 Å². The summed E-state index contributed by atoms with van der Waals surface area (Å²) in [6.45, 7) is 2.00. The molecule has 0 saturated heterocycles. The number of phenols is 1. The van der Waals surface area contributed by atoms with E-state index < -0.39 is 0 Å². The van der Waals surface area contributed by atoms with Crippen molar-refractivity contribution in [2.24, 2.45) is 0 Å². The van der Waals surface area contributed by atoms with Crippen LogP contribution in [0.15, 0.2) is 10.5 Å². The van der Waals surface area contributed by atoms with E-state index in [9.17, 15) is 5.11 Å². The largest absolute Gasteiger partial charge is 0.506 e. The highest BCUT2D eigenvalue weighted by Gasteiger charge is 2.15. The third-order valence-electron chi connectivity index (χ3n) is 2.21. The smallest absolute Gasteiger partial charge is 0.139 e. The van der Waals surface area contributed by atoms with E-state index in [0.717, 1.165) is 12.0 Å². The Morgan fingerprint density at radius 2 is 2.20 bits per heavy atom. The van der Waals surface area contributed by atoms with E-state index in [1.54, 1.807) is 7.11 Å². The van der Waals surface area contributed by atoms with Gasteiger partial charge in [0.2, 0.25) is 0 Å². The van der Waals surface area contributed by atoms with Gasteiger partial charge in [-0.3, -0.25) is 0 Å². The van der Waals surface area contributed by atoms with Gasteiger partial charge in [-0.05, 0) is 34.0 Å². The number of hydrogen-bond donors (Lipinski definition) is 1. The summed E-state index contributed by atoms with van der Waals surface area (Å²) in [5.41, 5.74) is 1.61. The van der Waals surface area contributed by atoms with Crippen molar-refractivity contribution >= 4 is 15.9 Å². The molecule has 0 saturated carbocycles. The first-order chi connectivity index (χ1) is 7.15. The van der Waals surface area contributed by atoms with Crippen LogP contribution in [0.4, 0.5) is 0 Å². The van der Waals surface area contributed by atoms with Crippen molar-refractivity contribution in [1.29, 1.82) is 5.26 Å². The van der Waals surface area contributed by atoms with E-state index >= 15 is 0 Å². The van der Waals surface area contributed by atoms with Gasteiger partial charge in [-0.25, -0.2) is 0 Å². The van der Waals surface area contributed by atoms with Crippen LogP contribution in [0.3, 0.4) is 0 Å². The van der Waals surface area contributed by atoms with Crippen LogP contribution in [0.25, 0.3) is 0 Å². The number of ether oxygens (including phenoxy) is 1. The summed E-state index contributed by atoms with van der Waals surface area (Å²) < 4.78 is 5.71.